The number of nitrogens with zero attached hydrogens (tertiary/aromatic N) is 2. The fourth-order valence-electron chi connectivity index (χ4n) is 2.53. The van der Waals surface area contributed by atoms with Crippen LogP contribution < -0.4 is 0 Å². The van der Waals surface area contributed by atoms with Crippen LogP contribution in [0.1, 0.15) is 48.7 Å². The quantitative estimate of drug-likeness (QED) is 0.911. The highest BCUT2D eigenvalue weighted by atomic mass is 32.1. The van der Waals surface area contributed by atoms with Crippen LogP contribution >= 0.6 is 11.3 Å². The number of likely N-dealkylation sites (tertiary alicyclic amines) is 1. The molecular formula is C13H20N2O2S. The Bertz CT molecular complexity index is 419. The number of carbonyl (C=O) groups is 1. The van der Waals surface area contributed by atoms with Crippen molar-refractivity contribution in [1.82, 2.24) is 9.88 Å². The standard InChI is InChI=1S/C13H20N2O2S/c1-3-10(13(16)17)11-8-18-12(14-11)9-5-4-6-15(2)7-9/h8-10H,3-7H2,1-2H3,(H,16,17). The molecule has 0 amide bonds. The molecule has 0 bridgehead atoms. The summed E-state index contributed by atoms with van der Waals surface area (Å²) in [5.74, 6) is -0.736. The average Bonchev–Trinajstić information content (AvgIpc) is 2.79. The van der Waals surface area contributed by atoms with Gasteiger partial charge in [0.1, 0.15) is 0 Å². The number of carboxylic acids is 1. The first-order valence-corrected chi connectivity index (χ1v) is 7.36. The van der Waals surface area contributed by atoms with Gasteiger partial charge >= 0.3 is 5.97 Å². The van der Waals surface area contributed by atoms with E-state index in [1.165, 1.54) is 12.8 Å². The van der Waals surface area contributed by atoms with Crippen molar-refractivity contribution in [3.05, 3.63) is 16.1 Å². The molecule has 4 nitrogen and oxygen atoms in total. The minimum Gasteiger partial charge on any atom is -0.481 e. The predicted octanol–water partition coefficient (Wildman–Crippen LogP) is 2.53. The van der Waals surface area contributed by atoms with Crippen molar-refractivity contribution in [2.75, 3.05) is 20.1 Å². The molecular weight excluding hydrogens is 248 g/mol. The Morgan fingerprint density at radius 2 is 2.50 bits per heavy atom. The maximum absolute atomic E-state index is 11.1. The average molecular weight is 268 g/mol. The molecule has 0 saturated carbocycles. The van der Waals surface area contributed by atoms with Gasteiger partial charge in [0, 0.05) is 17.8 Å². The van der Waals surface area contributed by atoms with Crippen LogP contribution in [0.15, 0.2) is 5.38 Å². The van der Waals surface area contributed by atoms with Crippen molar-refractivity contribution >= 4 is 17.3 Å². The number of rotatable bonds is 4. The highest BCUT2D eigenvalue weighted by molar-refractivity contribution is 7.09. The van der Waals surface area contributed by atoms with Gasteiger partial charge in [0.05, 0.1) is 16.6 Å². The Balaban J connectivity index is 2.12. The van der Waals surface area contributed by atoms with Crippen LogP contribution in [0, 0.1) is 0 Å². The van der Waals surface area contributed by atoms with Crippen molar-refractivity contribution < 1.29 is 9.90 Å². The van der Waals surface area contributed by atoms with Crippen molar-refractivity contribution in [2.24, 2.45) is 0 Å². The smallest absolute Gasteiger partial charge is 0.312 e. The normalized spacial score (nSPS) is 22.9. The van der Waals surface area contributed by atoms with Crippen molar-refractivity contribution in [3.63, 3.8) is 0 Å². The summed E-state index contributed by atoms with van der Waals surface area (Å²) in [6.07, 6.45) is 2.97. The first-order chi connectivity index (χ1) is 8.61. The van der Waals surface area contributed by atoms with Crippen LogP contribution in [-0.2, 0) is 4.79 Å². The lowest BCUT2D eigenvalue weighted by Crippen LogP contribution is -2.30. The molecule has 1 aliphatic rings. The van der Waals surface area contributed by atoms with Gasteiger partial charge in [0.2, 0.25) is 0 Å². The van der Waals surface area contributed by atoms with Gasteiger partial charge in [-0.25, -0.2) is 4.98 Å². The molecule has 5 heteroatoms. The Labute approximate surface area is 112 Å². The third kappa shape index (κ3) is 2.90. The summed E-state index contributed by atoms with van der Waals surface area (Å²) >= 11 is 1.62. The number of hydrogen-bond donors (Lipinski definition) is 1. The van der Waals surface area contributed by atoms with Gasteiger partial charge in [-0.15, -0.1) is 11.3 Å². The number of hydrogen-bond acceptors (Lipinski definition) is 4. The second-order valence-electron chi connectivity index (χ2n) is 5.01. The second-order valence-corrected chi connectivity index (χ2v) is 5.90. The summed E-state index contributed by atoms with van der Waals surface area (Å²) in [4.78, 5) is 18.0. The topological polar surface area (TPSA) is 53.4 Å². The summed E-state index contributed by atoms with van der Waals surface area (Å²) in [6.45, 7) is 4.09. The van der Waals surface area contributed by atoms with Crippen LogP contribution in [-0.4, -0.2) is 41.1 Å². The molecule has 1 N–H and O–H groups in total. The van der Waals surface area contributed by atoms with Crippen LogP contribution in [0.3, 0.4) is 0 Å². The second kappa shape index (κ2) is 5.80. The largest absolute Gasteiger partial charge is 0.481 e. The minimum atomic E-state index is -0.768. The summed E-state index contributed by atoms with van der Waals surface area (Å²) in [7, 11) is 2.13. The van der Waals surface area contributed by atoms with Gasteiger partial charge in [0.15, 0.2) is 0 Å². The first-order valence-electron chi connectivity index (χ1n) is 6.48. The lowest BCUT2D eigenvalue weighted by Gasteiger charge is -2.28. The molecule has 0 aliphatic carbocycles. The Morgan fingerprint density at radius 1 is 1.72 bits per heavy atom. The maximum Gasteiger partial charge on any atom is 0.312 e. The molecule has 2 heterocycles. The van der Waals surface area contributed by atoms with Crippen molar-refractivity contribution in [3.8, 4) is 0 Å². The van der Waals surface area contributed by atoms with Gasteiger partial charge in [0.25, 0.3) is 0 Å². The summed E-state index contributed by atoms with van der Waals surface area (Å²) < 4.78 is 0. The highest BCUT2D eigenvalue weighted by Crippen LogP contribution is 2.31. The zero-order chi connectivity index (χ0) is 13.1. The first kappa shape index (κ1) is 13.5. The zero-order valence-electron chi connectivity index (χ0n) is 10.9. The van der Waals surface area contributed by atoms with E-state index in [0.29, 0.717) is 12.3 Å². The lowest BCUT2D eigenvalue weighted by molar-refractivity contribution is -0.138. The number of carboxylic acid groups (broad SMARTS) is 1. The molecule has 1 saturated heterocycles. The molecule has 1 aromatic rings. The molecule has 0 spiro atoms. The molecule has 2 unspecified atom stereocenters. The number of piperidine rings is 1. The SMILES string of the molecule is CCC(C(=O)O)c1csc(C2CCCN(C)C2)n1. The lowest BCUT2D eigenvalue weighted by atomic mass is 9.99. The minimum absolute atomic E-state index is 0.448. The van der Waals surface area contributed by atoms with E-state index in [2.05, 4.69) is 16.9 Å². The monoisotopic (exact) mass is 268 g/mol. The summed E-state index contributed by atoms with van der Waals surface area (Å²) in [5, 5.41) is 12.2. The highest BCUT2D eigenvalue weighted by Gasteiger charge is 2.25. The summed E-state index contributed by atoms with van der Waals surface area (Å²) in [6, 6.07) is 0. The van der Waals surface area contributed by atoms with E-state index < -0.39 is 11.9 Å². The molecule has 0 aromatic carbocycles. The number of likely N-dealkylation sites (N-methyl/N-ethyl adjacent to an activating group) is 1. The molecule has 18 heavy (non-hydrogen) atoms. The van der Waals surface area contributed by atoms with E-state index in [9.17, 15) is 4.79 Å². The molecule has 2 rings (SSSR count). The number of aromatic nitrogens is 1. The van der Waals surface area contributed by atoms with Crippen molar-refractivity contribution in [1.29, 1.82) is 0 Å². The Morgan fingerprint density at radius 3 is 3.11 bits per heavy atom. The zero-order valence-corrected chi connectivity index (χ0v) is 11.7. The third-order valence-corrected chi connectivity index (χ3v) is 4.60. The van der Waals surface area contributed by atoms with E-state index >= 15 is 0 Å². The summed E-state index contributed by atoms with van der Waals surface area (Å²) in [5.41, 5.74) is 0.734. The molecule has 0 radical (unpaired) electrons. The predicted molar refractivity (Wildman–Crippen MR) is 72.3 cm³/mol. The fourth-order valence-corrected chi connectivity index (χ4v) is 3.53. The molecule has 1 fully saturated rings. The van der Waals surface area contributed by atoms with E-state index in [-0.39, 0.29) is 0 Å². The molecule has 100 valence electrons. The van der Waals surface area contributed by atoms with Crippen LogP contribution in [0.25, 0.3) is 0 Å². The van der Waals surface area contributed by atoms with Gasteiger partial charge in [-0.2, -0.15) is 0 Å². The van der Waals surface area contributed by atoms with Crippen molar-refractivity contribution in [2.45, 2.75) is 38.0 Å². The third-order valence-electron chi connectivity index (χ3n) is 3.58. The Hall–Kier alpha value is -0.940. The van der Waals surface area contributed by atoms with E-state index in [0.717, 1.165) is 23.8 Å². The molecule has 1 aromatic heterocycles. The Kier molecular flexibility index (Phi) is 4.35. The van der Waals surface area contributed by atoms with Crippen LogP contribution in [0.4, 0.5) is 0 Å². The number of thiazole rings is 1. The number of aliphatic carboxylic acids is 1. The molecule has 2 atom stereocenters. The molecule has 1 aliphatic heterocycles. The van der Waals surface area contributed by atoms with E-state index in [1.54, 1.807) is 11.3 Å². The van der Waals surface area contributed by atoms with E-state index in [4.69, 9.17) is 5.11 Å². The maximum atomic E-state index is 11.1. The van der Waals surface area contributed by atoms with Crippen LogP contribution in [0.2, 0.25) is 0 Å². The van der Waals surface area contributed by atoms with Gasteiger partial charge in [-0.1, -0.05) is 6.92 Å². The van der Waals surface area contributed by atoms with Gasteiger partial charge in [-0.05, 0) is 32.9 Å². The fraction of sp³-hybridized carbons (Fsp3) is 0.692. The van der Waals surface area contributed by atoms with Crippen LogP contribution in [0.5, 0.6) is 0 Å². The van der Waals surface area contributed by atoms with Gasteiger partial charge < -0.3 is 10.0 Å². The van der Waals surface area contributed by atoms with Gasteiger partial charge in [-0.3, -0.25) is 4.79 Å². The van der Waals surface area contributed by atoms with E-state index in [1.807, 2.05) is 12.3 Å².